The third kappa shape index (κ3) is 3.30. The summed E-state index contributed by atoms with van der Waals surface area (Å²) >= 11 is 5.79. The highest BCUT2D eigenvalue weighted by Crippen LogP contribution is 2.24. The number of halogens is 1. The molecule has 0 aliphatic carbocycles. The van der Waals surface area contributed by atoms with Gasteiger partial charge < -0.3 is 5.11 Å². The fourth-order valence-electron chi connectivity index (χ4n) is 1.80. The normalized spacial score (nSPS) is 13.1. The fraction of sp³-hybridized carbons (Fsp3) is 0.143. The van der Waals surface area contributed by atoms with Crippen LogP contribution < -0.4 is 4.72 Å². The van der Waals surface area contributed by atoms with Crippen LogP contribution in [0.4, 0.5) is 0 Å². The molecular weight excluding hydrogens is 298 g/mol. The molecule has 0 aliphatic rings. The lowest BCUT2D eigenvalue weighted by molar-refractivity contribution is 0.457. The summed E-state index contributed by atoms with van der Waals surface area (Å²) in [5.41, 5.74) is 0.786. The van der Waals surface area contributed by atoms with Crippen molar-refractivity contribution in [1.29, 1.82) is 0 Å². The number of sulfonamides is 1. The molecule has 2 aromatic rings. The Morgan fingerprint density at radius 2 is 1.70 bits per heavy atom. The monoisotopic (exact) mass is 311 g/mol. The van der Waals surface area contributed by atoms with E-state index in [1.807, 2.05) is 0 Å². The molecule has 106 valence electrons. The molecule has 0 amide bonds. The standard InChI is InChI=1S/C14H14ClNO3S/c1-10(11-6-8-12(15)9-7-11)16-20(18,19)14-5-3-2-4-13(14)17/h2-10,16-17H,1H3. The number of nitrogens with one attached hydrogen (secondary N) is 1. The molecule has 0 saturated carbocycles. The van der Waals surface area contributed by atoms with Crippen LogP contribution in [0.1, 0.15) is 18.5 Å². The number of aromatic hydroxyl groups is 1. The predicted octanol–water partition coefficient (Wildman–Crippen LogP) is 3.09. The Kier molecular flexibility index (Phi) is 4.32. The molecular formula is C14H14ClNO3S. The first-order chi connectivity index (χ1) is 9.40. The highest BCUT2D eigenvalue weighted by atomic mass is 35.5. The second kappa shape index (κ2) is 5.83. The molecule has 2 aromatic carbocycles. The fourth-order valence-corrected chi connectivity index (χ4v) is 3.26. The number of hydrogen-bond donors (Lipinski definition) is 2. The van der Waals surface area contributed by atoms with E-state index in [9.17, 15) is 13.5 Å². The van der Waals surface area contributed by atoms with Crippen LogP contribution in [-0.2, 0) is 10.0 Å². The van der Waals surface area contributed by atoms with Crippen LogP contribution in [0.15, 0.2) is 53.4 Å². The van der Waals surface area contributed by atoms with Gasteiger partial charge in [0.05, 0.1) is 0 Å². The number of phenolic OH excluding ortho intramolecular Hbond substituents is 1. The largest absolute Gasteiger partial charge is 0.507 e. The molecule has 0 saturated heterocycles. The number of rotatable bonds is 4. The van der Waals surface area contributed by atoms with E-state index in [2.05, 4.69) is 4.72 Å². The van der Waals surface area contributed by atoms with Crippen LogP contribution in [0, 0.1) is 0 Å². The van der Waals surface area contributed by atoms with Gasteiger partial charge in [-0.1, -0.05) is 35.9 Å². The van der Waals surface area contributed by atoms with Gasteiger partial charge in [-0.2, -0.15) is 0 Å². The smallest absolute Gasteiger partial charge is 0.244 e. The molecule has 0 fully saturated rings. The van der Waals surface area contributed by atoms with Gasteiger partial charge in [-0.05, 0) is 36.8 Å². The van der Waals surface area contributed by atoms with Crippen molar-refractivity contribution in [3.63, 3.8) is 0 Å². The van der Waals surface area contributed by atoms with Crippen molar-refractivity contribution in [1.82, 2.24) is 4.72 Å². The van der Waals surface area contributed by atoms with Crippen molar-refractivity contribution in [3.05, 3.63) is 59.1 Å². The van der Waals surface area contributed by atoms with Gasteiger partial charge in [0, 0.05) is 11.1 Å². The predicted molar refractivity (Wildman–Crippen MR) is 78.3 cm³/mol. The number of phenols is 1. The maximum Gasteiger partial charge on any atom is 0.244 e. The molecule has 2 N–H and O–H groups in total. The molecule has 0 aromatic heterocycles. The maximum atomic E-state index is 12.2. The van der Waals surface area contributed by atoms with E-state index < -0.39 is 16.1 Å². The van der Waals surface area contributed by atoms with E-state index in [0.717, 1.165) is 5.56 Å². The first-order valence-electron chi connectivity index (χ1n) is 5.96. The second-order valence-corrected chi connectivity index (χ2v) is 6.48. The summed E-state index contributed by atoms with van der Waals surface area (Å²) in [5, 5.41) is 10.2. The van der Waals surface area contributed by atoms with Crippen LogP contribution in [-0.4, -0.2) is 13.5 Å². The number of para-hydroxylation sites is 1. The Labute approximate surface area is 123 Å². The van der Waals surface area contributed by atoms with Gasteiger partial charge >= 0.3 is 0 Å². The average Bonchev–Trinajstić information content (AvgIpc) is 2.39. The van der Waals surface area contributed by atoms with Crippen molar-refractivity contribution in [2.24, 2.45) is 0 Å². The van der Waals surface area contributed by atoms with Crippen LogP contribution in [0.5, 0.6) is 5.75 Å². The minimum atomic E-state index is -3.78. The van der Waals surface area contributed by atoms with Crippen LogP contribution in [0.3, 0.4) is 0 Å². The SMILES string of the molecule is CC(NS(=O)(=O)c1ccccc1O)c1ccc(Cl)cc1. The Balaban J connectivity index is 2.24. The number of benzene rings is 2. The van der Waals surface area contributed by atoms with Gasteiger partial charge in [-0.15, -0.1) is 0 Å². The van der Waals surface area contributed by atoms with Crippen molar-refractivity contribution in [2.75, 3.05) is 0 Å². The molecule has 0 aliphatic heterocycles. The van der Waals surface area contributed by atoms with Gasteiger partial charge in [0.25, 0.3) is 0 Å². The Morgan fingerprint density at radius 3 is 2.30 bits per heavy atom. The maximum absolute atomic E-state index is 12.2. The zero-order valence-electron chi connectivity index (χ0n) is 10.7. The van der Waals surface area contributed by atoms with E-state index >= 15 is 0 Å². The molecule has 0 spiro atoms. The Hall–Kier alpha value is -1.56. The summed E-state index contributed by atoms with van der Waals surface area (Å²) in [6.45, 7) is 1.72. The first kappa shape index (κ1) is 14.8. The Morgan fingerprint density at radius 1 is 1.10 bits per heavy atom. The molecule has 2 rings (SSSR count). The minimum Gasteiger partial charge on any atom is -0.507 e. The van der Waals surface area contributed by atoms with Gasteiger partial charge in [0.1, 0.15) is 10.6 Å². The van der Waals surface area contributed by atoms with Gasteiger partial charge in [0.2, 0.25) is 10.0 Å². The first-order valence-corrected chi connectivity index (χ1v) is 7.82. The molecule has 0 bridgehead atoms. The van der Waals surface area contributed by atoms with Crippen molar-refractivity contribution < 1.29 is 13.5 Å². The van der Waals surface area contributed by atoms with E-state index in [0.29, 0.717) is 5.02 Å². The van der Waals surface area contributed by atoms with Crippen LogP contribution >= 0.6 is 11.6 Å². The molecule has 6 heteroatoms. The zero-order valence-corrected chi connectivity index (χ0v) is 12.3. The molecule has 1 unspecified atom stereocenters. The molecule has 1 atom stereocenters. The van der Waals surface area contributed by atoms with Crippen molar-refractivity contribution >= 4 is 21.6 Å². The third-order valence-corrected chi connectivity index (χ3v) is 4.70. The zero-order chi connectivity index (χ0) is 14.8. The van der Waals surface area contributed by atoms with Gasteiger partial charge in [0.15, 0.2) is 0 Å². The third-order valence-electron chi connectivity index (χ3n) is 2.86. The lowest BCUT2D eigenvalue weighted by Crippen LogP contribution is -2.26. The molecule has 0 radical (unpaired) electrons. The molecule has 4 nitrogen and oxygen atoms in total. The molecule has 20 heavy (non-hydrogen) atoms. The Bertz CT molecular complexity index is 699. The van der Waals surface area contributed by atoms with Gasteiger partial charge in [-0.25, -0.2) is 13.1 Å². The summed E-state index contributed by atoms with van der Waals surface area (Å²) < 4.78 is 26.9. The van der Waals surface area contributed by atoms with Crippen LogP contribution in [0.2, 0.25) is 5.02 Å². The lowest BCUT2D eigenvalue weighted by atomic mass is 10.1. The second-order valence-electron chi connectivity index (χ2n) is 4.36. The summed E-state index contributed by atoms with van der Waals surface area (Å²) in [4.78, 5) is -0.138. The van der Waals surface area contributed by atoms with E-state index in [4.69, 9.17) is 11.6 Å². The molecule has 0 heterocycles. The van der Waals surface area contributed by atoms with Crippen molar-refractivity contribution in [2.45, 2.75) is 17.9 Å². The van der Waals surface area contributed by atoms with Gasteiger partial charge in [-0.3, -0.25) is 0 Å². The summed E-state index contributed by atoms with van der Waals surface area (Å²) in [7, 11) is -3.78. The van der Waals surface area contributed by atoms with Crippen molar-refractivity contribution in [3.8, 4) is 5.75 Å². The minimum absolute atomic E-state index is 0.138. The van der Waals surface area contributed by atoms with E-state index in [-0.39, 0.29) is 10.6 Å². The van der Waals surface area contributed by atoms with E-state index in [1.165, 1.54) is 12.1 Å². The summed E-state index contributed by atoms with van der Waals surface area (Å²) in [5.74, 6) is -0.275. The average molecular weight is 312 g/mol. The summed E-state index contributed by atoms with van der Waals surface area (Å²) in [6.07, 6.45) is 0. The summed E-state index contributed by atoms with van der Waals surface area (Å²) in [6, 6.07) is 12.3. The highest BCUT2D eigenvalue weighted by Gasteiger charge is 2.21. The lowest BCUT2D eigenvalue weighted by Gasteiger charge is -2.15. The van der Waals surface area contributed by atoms with E-state index in [1.54, 1.807) is 43.3 Å². The van der Waals surface area contributed by atoms with Crippen LogP contribution in [0.25, 0.3) is 0 Å². The quantitative estimate of drug-likeness (QED) is 0.912. The highest BCUT2D eigenvalue weighted by molar-refractivity contribution is 7.89. The topological polar surface area (TPSA) is 66.4 Å². The number of hydrogen-bond acceptors (Lipinski definition) is 3.